The molecule has 0 N–H and O–H groups in total. The van der Waals surface area contributed by atoms with Gasteiger partial charge in [0.1, 0.15) is 13.2 Å². The standard InChI is InChI=1S/C39H74O6/c1-4-7-10-13-14-15-16-17-18-19-20-21-22-23-24-27-30-33-39(42)45-36(34-43-37(40)31-28-25-11-8-5-2)35-44-38(41)32-29-26-12-9-6-3/h36H,4-35H2,1-3H3. The highest BCUT2D eigenvalue weighted by molar-refractivity contribution is 5.71. The molecule has 6 heteroatoms. The van der Waals surface area contributed by atoms with Gasteiger partial charge in [-0.3, -0.25) is 14.4 Å². The van der Waals surface area contributed by atoms with Crippen LogP contribution in [-0.4, -0.2) is 37.2 Å². The highest BCUT2D eigenvalue weighted by Gasteiger charge is 2.19. The van der Waals surface area contributed by atoms with Crippen LogP contribution in [0.4, 0.5) is 0 Å². The zero-order chi connectivity index (χ0) is 33.1. The summed E-state index contributed by atoms with van der Waals surface area (Å²) in [4.78, 5) is 37.0. The van der Waals surface area contributed by atoms with Crippen molar-refractivity contribution in [1.82, 2.24) is 0 Å². The van der Waals surface area contributed by atoms with Crippen LogP contribution in [0, 0.1) is 0 Å². The van der Waals surface area contributed by atoms with E-state index in [2.05, 4.69) is 20.8 Å². The van der Waals surface area contributed by atoms with Gasteiger partial charge in [-0.25, -0.2) is 0 Å². The summed E-state index contributed by atoms with van der Waals surface area (Å²) in [6.45, 7) is 6.47. The summed E-state index contributed by atoms with van der Waals surface area (Å²) in [6, 6.07) is 0. The average molecular weight is 639 g/mol. The Morgan fingerprint density at radius 3 is 0.889 bits per heavy atom. The van der Waals surface area contributed by atoms with Gasteiger partial charge in [0.2, 0.25) is 0 Å². The van der Waals surface area contributed by atoms with Gasteiger partial charge in [-0.05, 0) is 19.3 Å². The Bertz CT molecular complexity index is 634. The summed E-state index contributed by atoms with van der Waals surface area (Å²) in [5.74, 6) is -0.891. The van der Waals surface area contributed by atoms with Crippen LogP contribution in [0.25, 0.3) is 0 Å². The molecule has 0 heterocycles. The van der Waals surface area contributed by atoms with Crippen LogP contribution < -0.4 is 0 Å². The SMILES string of the molecule is CCCCCCCCCCCCCCCCCCCC(=O)OC(COC(=O)CCCCCCC)COC(=O)CCCCCCC. The van der Waals surface area contributed by atoms with E-state index in [1.165, 1.54) is 103 Å². The minimum Gasteiger partial charge on any atom is -0.462 e. The van der Waals surface area contributed by atoms with Crippen LogP contribution in [0.5, 0.6) is 0 Å². The predicted octanol–water partition coefficient (Wildman–Crippen LogP) is 11.7. The van der Waals surface area contributed by atoms with Crippen molar-refractivity contribution in [2.75, 3.05) is 13.2 Å². The lowest BCUT2D eigenvalue weighted by molar-refractivity contribution is -0.167. The Hall–Kier alpha value is -1.59. The highest BCUT2D eigenvalue weighted by Crippen LogP contribution is 2.15. The molecule has 0 aliphatic rings. The summed E-state index contributed by atoms with van der Waals surface area (Å²) in [6.07, 6.45) is 32.9. The van der Waals surface area contributed by atoms with Crippen molar-refractivity contribution in [3.63, 3.8) is 0 Å². The molecule has 0 aromatic carbocycles. The topological polar surface area (TPSA) is 78.9 Å². The third kappa shape index (κ3) is 33.6. The average Bonchev–Trinajstić information content (AvgIpc) is 3.03. The molecule has 45 heavy (non-hydrogen) atoms. The first-order chi connectivity index (χ1) is 22.0. The van der Waals surface area contributed by atoms with Crippen molar-refractivity contribution in [3.8, 4) is 0 Å². The summed E-state index contributed by atoms with van der Waals surface area (Å²) < 4.78 is 16.4. The van der Waals surface area contributed by atoms with E-state index in [0.717, 1.165) is 70.6 Å². The molecule has 0 aliphatic heterocycles. The van der Waals surface area contributed by atoms with E-state index in [4.69, 9.17) is 14.2 Å². The molecule has 0 unspecified atom stereocenters. The van der Waals surface area contributed by atoms with Crippen LogP contribution >= 0.6 is 0 Å². The maximum absolute atomic E-state index is 12.5. The van der Waals surface area contributed by atoms with Crippen molar-refractivity contribution >= 4 is 17.9 Å². The number of carbonyl (C=O) groups is 3. The molecular weight excluding hydrogens is 564 g/mol. The Morgan fingerprint density at radius 2 is 0.600 bits per heavy atom. The van der Waals surface area contributed by atoms with Crippen LogP contribution in [0.2, 0.25) is 0 Å². The lowest BCUT2D eigenvalue weighted by atomic mass is 10.0. The van der Waals surface area contributed by atoms with Gasteiger partial charge in [0, 0.05) is 19.3 Å². The number of esters is 3. The number of ether oxygens (including phenoxy) is 3. The lowest BCUT2D eigenvalue weighted by Gasteiger charge is -2.18. The number of rotatable bonds is 35. The van der Waals surface area contributed by atoms with Gasteiger partial charge >= 0.3 is 17.9 Å². The molecule has 0 amide bonds. The molecule has 0 saturated heterocycles. The zero-order valence-electron chi connectivity index (χ0n) is 30.2. The quantitative estimate of drug-likeness (QED) is 0.0390. The van der Waals surface area contributed by atoms with Gasteiger partial charge < -0.3 is 14.2 Å². The fourth-order valence-electron chi connectivity index (χ4n) is 5.62. The Kier molecular flexibility index (Phi) is 34.0. The molecule has 0 aromatic heterocycles. The second-order valence-electron chi connectivity index (χ2n) is 13.2. The van der Waals surface area contributed by atoms with Crippen LogP contribution in [-0.2, 0) is 28.6 Å². The zero-order valence-corrected chi connectivity index (χ0v) is 30.2. The summed E-state index contributed by atoms with van der Waals surface area (Å²) in [5.41, 5.74) is 0. The molecule has 0 spiro atoms. The van der Waals surface area contributed by atoms with Crippen LogP contribution in [0.3, 0.4) is 0 Å². The van der Waals surface area contributed by atoms with Crippen LogP contribution in [0.15, 0.2) is 0 Å². The lowest BCUT2D eigenvalue weighted by Crippen LogP contribution is -2.30. The number of carbonyl (C=O) groups excluding carboxylic acids is 3. The van der Waals surface area contributed by atoms with Crippen molar-refractivity contribution in [1.29, 1.82) is 0 Å². The van der Waals surface area contributed by atoms with Crippen molar-refractivity contribution in [2.24, 2.45) is 0 Å². The van der Waals surface area contributed by atoms with Gasteiger partial charge in [0.05, 0.1) is 0 Å². The van der Waals surface area contributed by atoms with Crippen LogP contribution in [0.1, 0.15) is 213 Å². The molecular formula is C39H74O6. The number of hydrogen-bond donors (Lipinski definition) is 0. The van der Waals surface area contributed by atoms with Crippen molar-refractivity contribution < 1.29 is 28.6 Å². The maximum atomic E-state index is 12.5. The predicted molar refractivity (Wildman–Crippen MR) is 187 cm³/mol. The van der Waals surface area contributed by atoms with E-state index in [-0.39, 0.29) is 31.1 Å². The Balaban J connectivity index is 4.08. The Labute approximate surface area is 278 Å². The smallest absolute Gasteiger partial charge is 0.306 e. The minimum atomic E-state index is -0.753. The molecule has 0 aliphatic carbocycles. The van der Waals surface area contributed by atoms with Gasteiger partial charge in [-0.1, -0.05) is 175 Å². The van der Waals surface area contributed by atoms with Crippen molar-refractivity contribution in [2.45, 2.75) is 219 Å². The minimum absolute atomic E-state index is 0.0671. The van der Waals surface area contributed by atoms with E-state index >= 15 is 0 Å². The molecule has 266 valence electrons. The van der Waals surface area contributed by atoms with E-state index in [9.17, 15) is 14.4 Å². The first-order valence-electron chi connectivity index (χ1n) is 19.5. The van der Waals surface area contributed by atoms with Gasteiger partial charge in [-0.2, -0.15) is 0 Å². The molecule has 0 radical (unpaired) electrons. The third-order valence-corrected chi connectivity index (χ3v) is 8.61. The van der Waals surface area contributed by atoms with E-state index in [1.807, 2.05) is 0 Å². The van der Waals surface area contributed by atoms with E-state index in [1.54, 1.807) is 0 Å². The largest absolute Gasteiger partial charge is 0.462 e. The summed E-state index contributed by atoms with van der Waals surface area (Å²) >= 11 is 0. The van der Waals surface area contributed by atoms with Gasteiger partial charge in [-0.15, -0.1) is 0 Å². The molecule has 0 saturated carbocycles. The number of hydrogen-bond acceptors (Lipinski definition) is 6. The molecule has 0 aromatic rings. The second-order valence-corrected chi connectivity index (χ2v) is 13.2. The second kappa shape index (κ2) is 35.3. The summed E-state index contributed by atoms with van der Waals surface area (Å²) in [7, 11) is 0. The first kappa shape index (κ1) is 43.4. The molecule has 0 rings (SSSR count). The molecule has 0 atom stereocenters. The van der Waals surface area contributed by atoms with Gasteiger partial charge in [0.15, 0.2) is 6.10 Å². The molecule has 0 bridgehead atoms. The molecule has 6 nitrogen and oxygen atoms in total. The molecule has 0 fully saturated rings. The number of unbranched alkanes of at least 4 members (excludes halogenated alkanes) is 24. The van der Waals surface area contributed by atoms with Crippen molar-refractivity contribution in [3.05, 3.63) is 0 Å². The monoisotopic (exact) mass is 639 g/mol. The van der Waals surface area contributed by atoms with E-state index < -0.39 is 6.10 Å². The fraction of sp³-hybridized carbons (Fsp3) is 0.923. The van der Waals surface area contributed by atoms with Gasteiger partial charge in [0.25, 0.3) is 0 Å². The first-order valence-corrected chi connectivity index (χ1v) is 19.5. The Morgan fingerprint density at radius 1 is 0.356 bits per heavy atom. The highest BCUT2D eigenvalue weighted by atomic mass is 16.6. The maximum Gasteiger partial charge on any atom is 0.306 e. The third-order valence-electron chi connectivity index (χ3n) is 8.61. The normalized spacial score (nSPS) is 11.2. The fourth-order valence-corrected chi connectivity index (χ4v) is 5.62. The summed E-state index contributed by atoms with van der Waals surface area (Å²) in [5, 5.41) is 0. The van der Waals surface area contributed by atoms with E-state index in [0.29, 0.717) is 19.3 Å².